The molecule has 0 radical (unpaired) electrons. The van der Waals surface area contributed by atoms with E-state index in [-0.39, 0.29) is 12.2 Å². The molecule has 2 aliphatic heterocycles. The van der Waals surface area contributed by atoms with Crippen molar-refractivity contribution in [2.45, 2.75) is 32.3 Å². The molecular weight excluding hydrogens is 446 g/mol. The van der Waals surface area contributed by atoms with Crippen LogP contribution < -0.4 is 15.6 Å². The fourth-order valence-corrected chi connectivity index (χ4v) is 4.94. The summed E-state index contributed by atoms with van der Waals surface area (Å²) < 4.78 is 12.1. The van der Waals surface area contributed by atoms with E-state index in [4.69, 9.17) is 14.5 Å². The second kappa shape index (κ2) is 8.33. The molecule has 2 aromatic heterocycles. The van der Waals surface area contributed by atoms with E-state index in [1.807, 2.05) is 36.4 Å². The maximum atomic E-state index is 13.3. The molecule has 0 amide bonds. The third-order valence-corrected chi connectivity index (χ3v) is 6.76. The van der Waals surface area contributed by atoms with Crippen molar-refractivity contribution < 1.29 is 19.4 Å². The number of nitrogens with one attached hydrogen (secondary N) is 1. The van der Waals surface area contributed by atoms with Crippen LogP contribution in [-0.4, -0.2) is 27.7 Å². The quantitative estimate of drug-likeness (QED) is 0.382. The molecule has 2 aromatic carbocycles. The Bertz CT molecular complexity index is 1540. The molecule has 0 fully saturated rings. The molecule has 0 spiro atoms. The van der Waals surface area contributed by atoms with Gasteiger partial charge in [-0.25, -0.2) is 9.78 Å². The number of aromatic nitrogens is 2. The molecule has 4 heterocycles. The Balaban J connectivity index is 1.49. The number of hydrogen-bond acceptors (Lipinski definition) is 7. The molecule has 35 heavy (non-hydrogen) atoms. The Morgan fingerprint density at radius 3 is 2.74 bits per heavy atom. The summed E-state index contributed by atoms with van der Waals surface area (Å²) in [5, 5.41) is 14.9. The summed E-state index contributed by atoms with van der Waals surface area (Å²) in [5.74, 6) is -0.0186. The average molecular weight is 469 g/mol. The third kappa shape index (κ3) is 3.50. The number of hydrogen-bond donors (Lipinski definition) is 2. The molecule has 0 bridgehead atoms. The molecule has 0 saturated heterocycles. The number of nitrogens with zero attached hydrogens (tertiary/aromatic N) is 2. The smallest absolute Gasteiger partial charge is 0.340 e. The molecule has 1 atom stereocenters. The van der Waals surface area contributed by atoms with Gasteiger partial charge in [-0.15, -0.1) is 0 Å². The van der Waals surface area contributed by atoms with Gasteiger partial charge in [0.25, 0.3) is 5.56 Å². The number of carbonyl (C=O) groups excluding carboxylic acids is 1. The SMILES string of the molecule is COc1ccc2nc3c(c(CNCc4ccccc4)c2c1)Cn1c-3cc2c(c1=O)COC(=O)[C@H]2O. The molecule has 0 aliphatic carbocycles. The van der Waals surface area contributed by atoms with Gasteiger partial charge < -0.3 is 24.5 Å². The number of aliphatic hydroxyl groups excluding tert-OH is 1. The monoisotopic (exact) mass is 469 g/mol. The number of ether oxygens (including phenoxy) is 2. The molecule has 2 aliphatic rings. The first-order valence-corrected chi connectivity index (χ1v) is 11.4. The van der Waals surface area contributed by atoms with Crippen molar-refractivity contribution in [1.29, 1.82) is 0 Å². The van der Waals surface area contributed by atoms with Crippen LogP contribution in [0, 0.1) is 0 Å². The lowest BCUT2D eigenvalue weighted by Crippen LogP contribution is -2.32. The van der Waals surface area contributed by atoms with Gasteiger partial charge in [-0.05, 0) is 35.4 Å². The van der Waals surface area contributed by atoms with Gasteiger partial charge >= 0.3 is 5.97 Å². The molecule has 2 N–H and O–H groups in total. The number of cyclic esters (lactones) is 1. The van der Waals surface area contributed by atoms with Crippen LogP contribution in [-0.2, 0) is 35.8 Å². The van der Waals surface area contributed by atoms with Crippen LogP contribution in [0.4, 0.5) is 0 Å². The lowest BCUT2D eigenvalue weighted by atomic mass is 9.98. The second-order valence-corrected chi connectivity index (χ2v) is 8.75. The number of esters is 1. The molecule has 8 nitrogen and oxygen atoms in total. The highest BCUT2D eigenvalue weighted by Crippen LogP contribution is 2.38. The number of rotatable bonds is 5. The lowest BCUT2D eigenvalue weighted by molar-refractivity contribution is -0.157. The van der Waals surface area contributed by atoms with Crippen molar-refractivity contribution >= 4 is 16.9 Å². The van der Waals surface area contributed by atoms with Crippen LogP contribution in [0.15, 0.2) is 59.4 Å². The van der Waals surface area contributed by atoms with Gasteiger partial charge in [-0.3, -0.25) is 4.79 Å². The molecule has 4 aromatic rings. The van der Waals surface area contributed by atoms with E-state index in [1.165, 1.54) is 5.56 Å². The van der Waals surface area contributed by atoms with Gasteiger partial charge in [-0.2, -0.15) is 0 Å². The normalized spacial score (nSPS) is 15.9. The highest BCUT2D eigenvalue weighted by atomic mass is 16.5. The Labute approximate surface area is 200 Å². The van der Waals surface area contributed by atoms with Crippen molar-refractivity contribution in [2.75, 3.05) is 7.11 Å². The van der Waals surface area contributed by atoms with Crippen molar-refractivity contribution in [3.05, 3.63) is 92.8 Å². The number of pyridine rings is 2. The van der Waals surface area contributed by atoms with Crippen molar-refractivity contribution in [2.24, 2.45) is 0 Å². The zero-order valence-corrected chi connectivity index (χ0v) is 19.1. The van der Waals surface area contributed by atoms with Crippen LogP contribution >= 0.6 is 0 Å². The second-order valence-electron chi connectivity index (χ2n) is 8.75. The van der Waals surface area contributed by atoms with Gasteiger partial charge in [0.2, 0.25) is 0 Å². The summed E-state index contributed by atoms with van der Waals surface area (Å²) in [4.78, 5) is 30.1. The van der Waals surface area contributed by atoms with E-state index in [0.717, 1.165) is 27.8 Å². The predicted octanol–water partition coefficient (Wildman–Crippen LogP) is 2.81. The summed E-state index contributed by atoms with van der Waals surface area (Å²) >= 11 is 0. The first-order valence-electron chi connectivity index (χ1n) is 11.4. The topological polar surface area (TPSA) is 103 Å². The van der Waals surface area contributed by atoms with Crippen LogP contribution in [0.2, 0.25) is 0 Å². The Kier molecular flexibility index (Phi) is 5.12. The summed E-state index contributed by atoms with van der Waals surface area (Å²) in [6, 6.07) is 17.6. The molecule has 0 unspecified atom stereocenters. The highest BCUT2D eigenvalue weighted by Gasteiger charge is 2.34. The molecule has 8 heteroatoms. The van der Waals surface area contributed by atoms with E-state index in [9.17, 15) is 14.7 Å². The first kappa shape index (κ1) is 21.5. The van der Waals surface area contributed by atoms with Gasteiger partial charge in [0.05, 0.1) is 36.1 Å². The average Bonchev–Trinajstić information content (AvgIpc) is 3.25. The van der Waals surface area contributed by atoms with Crippen molar-refractivity contribution in [3.8, 4) is 17.1 Å². The number of fused-ring (bicyclic) bond motifs is 5. The van der Waals surface area contributed by atoms with Crippen molar-refractivity contribution in [1.82, 2.24) is 14.9 Å². The fraction of sp³-hybridized carbons (Fsp3) is 0.222. The maximum Gasteiger partial charge on any atom is 0.340 e. The summed E-state index contributed by atoms with van der Waals surface area (Å²) in [6.07, 6.45) is -1.47. The zero-order chi connectivity index (χ0) is 24.1. The van der Waals surface area contributed by atoms with Crippen LogP contribution in [0.3, 0.4) is 0 Å². The number of aliphatic hydroxyl groups is 1. The Morgan fingerprint density at radius 2 is 1.94 bits per heavy atom. The lowest BCUT2D eigenvalue weighted by Gasteiger charge is -2.21. The van der Waals surface area contributed by atoms with Gasteiger partial charge in [0.1, 0.15) is 12.4 Å². The third-order valence-electron chi connectivity index (χ3n) is 6.76. The van der Waals surface area contributed by atoms with Gasteiger partial charge in [0.15, 0.2) is 6.10 Å². The first-order chi connectivity index (χ1) is 17.0. The van der Waals surface area contributed by atoms with Gasteiger partial charge in [-0.1, -0.05) is 30.3 Å². The maximum absolute atomic E-state index is 13.3. The standard InChI is InChI=1S/C27H23N3O5/c1-34-16-7-8-22-17(9-16)19(12-28-11-15-5-3-2-4-6-15)20-13-30-23(24(20)29-22)10-18-21(26(30)32)14-35-27(33)25(18)31/h2-10,25,28,31H,11-14H2,1H3/t25-/m0/s1. The summed E-state index contributed by atoms with van der Waals surface area (Å²) in [7, 11) is 1.63. The van der Waals surface area contributed by atoms with E-state index in [2.05, 4.69) is 17.4 Å². The largest absolute Gasteiger partial charge is 0.497 e. The zero-order valence-electron chi connectivity index (χ0n) is 19.1. The molecule has 6 rings (SSSR count). The summed E-state index contributed by atoms with van der Waals surface area (Å²) in [6.45, 7) is 1.47. The summed E-state index contributed by atoms with van der Waals surface area (Å²) in [5.41, 5.74) is 5.54. The fourth-order valence-electron chi connectivity index (χ4n) is 4.94. The van der Waals surface area contributed by atoms with E-state index in [0.29, 0.717) is 42.1 Å². The number of benzene rings is 2. The Morgan fingerprint density at radius 1 is 1.11 bits per heavy atom. The van der Waals surface area contributed by atoms with E-state index < -0.39 is 12.1 Å². The van der Waals surface area contributed by atoms with E-state index >= 15 is 0 Å². The van der Waals surface area contributed by atoms with Crippen LogP contribution in [0.5, 0.6) is 5.75 Å². The number of carbonyl (C=O) groups is 1. The minimum absolute atomic E-state index is 0.140. The number of methoxy groups -OCH3 is 1. The molecular formula is C27H23N3O5. The van der Waals surface area contributed by atoms with Gasteiger partial charge in [0, 0.05) is 29.6 Å². The predicted molar refractivity (Wildman–Crippen MR) is 129 cm³/mol. The molecule has 0 saturated carbocycles. The van der Waals surface area contributed by atoms with Crippen LogP contribution in [0.25, 0.3) is 22.3 Å². The Hall–Kier alpha value is -4.01. The van der Waals surface area contributed by atoms with E-state index in [1.54, 1.807) is 17.7 Å². The molecule has 176 valence electrons. The minimum atomic E-state index is -1.47. The van der Waals surface area contributed by atoms with Crippen molar-refractivity contribution in [3.63, 3.8) is 0 Å². The minimum Gasteiger partial charge on any atom is -0.497 e. The highest BCUT2D eigenvalue weighted by molar-refractivity contribution is 5.89. The van der Waals surface area contributed by atoms with Crippen LogP contribution in [0.1, 0.15) is 33.9 Å².